The Bertz CT molecular complexity index is 321. The molecule has 7 nitrogen and oxygen atoms in total. The second-order valence-electron chi connectivity index (χ2n) is 3.58. The fourth-order valence-corrected chi connectivity index (χ4v) is 1.18. The van der Waals surface area contributed by atoms with E-state index < -0.39 is 12.2 Å². The predicted octanol–water partition coefficient (Wildman–Crippen LogP) is -0.245. The molecule has 0 aromatic heterocycles. The van der Waals surface area contributed by atoms with Gasteiger partial charge in [-0.3, -0.25) is 4.79 Å². The van der Waals surface area contributed by atoms with Gasteiger partial charge >= 0.3 is 0 Å². The van der Waals surface area contributed by atoms with Crippen molar-refractivity contribution in [3.05, 3.63) is 11.8 Å². The number of carbonyl (C=O) groups is 1. The molecule has 0 unspecified atom stereocenters. The van der Waals surface area contributed by atoms with Crippen molar-refractivity contribution >= 4 is 5.91 Å². The molecule has 0 aromatic rings. The van der Waals surface area contributed by atoms with Gasteiger partial charge in [0.25, 0.3) is 5.91 Å². The van der Waals surface area contributed by atoms with E-state index in [0.29, 0.717) is 26.1 Å². The minimum Gasteiger partial charge on any atom is -0.385 e. The van der Waals surface area contributed by atoms with Gasteiger partial charge in [-0.15, -0.1) is 0 Å². The molecule has 7 heteroatoms. The summed E-state index contributed by atoms with van der Waals surface area (Å²) in [5.41, 5.74) is 0.00312. The van der Waals surface area contributed by atoms with Crippen molar-refractivity contribution in [2.24, 2.45) is 0 Å². The predicted molar refractivity (Wildman–Crippen MR) is 69.0 cm³/mol. The van der Waals surface area contributed by atoms with Crippen molar-refractivity contribution in [2.45, 2.75) is 12.7 Å². The molecule has 0 aliphatic heterocycles. The first-order chi connectivity index (χ1) is 9.19. The molecule has 0 heterocycles. The molecule has 0 radical (unpaired) electrons. The van der Waals surface area contributed by atoms with E-state index in [2.05, 4.69) is 10.6 Å². The molecule has 1 amide bonds. The van der Waals surface area contributed by atoms with Gasteiger partial charge in [-0.25, -0.2) is 0 Å². The molecule has 0 aliphatic rings. The van der Waals surface area contributed by atoms with Crippen LogP contribution in [-0.2, 0) is 19.0 Å². The Labute approximate surface area is 113 Å². The van der Waals surface area contributed by atoms with Crippen LogP contribution in [-0.4, -0.2) is 53.2 Å². The molecule has 0 aliphatic carbocycles. The highest BCUT2D eigenvalue weighted by atomic mass is 16.7. The number of nitriles is 1. The lowest BCUT2D eigenvalue weighted by Crippen LogP contribution is -2.30. The summed E-state index contributed by atoms with van der Waals surface area (Å²) in [4.78, 5) is 11.6. The maximum absolute atomic E-state index is 11.6. The number of rotatable bonds is 10. The van der Waals surface area contributed by atoms with Gasteiger partial charge in [-0.2, -0.15) is 5.26 Å². The minimum absolute atomic E-state index is 0.00312. The van der Waals surface area contributed by atoms with Crippen LogP contribution < -0.4 is 10.6 Å². The van der Waals surface area contributed by atoms with E-state index in [4.69, 9.17) is 19.5 Å². The van der Waals surface area contributed by atoms with Crippen LogP contribution in [0.4, 0.5) is 0 Å². The Morgan fingerprint density at radius 1 is 1.37 bits per heavy atom. The van der Waals surface area contributed by atoms with Crippen LogP contribution in [0.25, 0.3) is 0 Å². The van der Waals surface area contributed by atoms with Gasteiger partial charge in [0.1, 0.15) is 11.6 Å². The van der Waals surface area contributed by atoms with Crippen molar-refractivity contribution in [3.63, 3.8) is 0 Å². The zero-order valence-electron chi connectivity index (χ0n) is 11.6. The highest BCUT2D eigenvalue weighted by Gasteiger charge is 2.08. The number of carbonyl (C=O) groups excluding carboxylic acids is 1. The summed E-state index contributed by atoms with van der Waals surface area (Å²) in [6.07, 6.45) is 1.61. The van der Waals surface area contributed by atoms with E-state index in [1.165, 1.54) is 20.4 Å². The van der Waals surface area contributed by atoms with Gasteiger partial charge in [0.15, 0.2) is 6.29 Å². The Morgan fingerprint density at radius 3 is 2.58 bits per heavy atom. The smallest absolute Gasteiger partial charge is 0.263 e. The third-order valence-electron chi connectivity index (χ3n) is 2.23. The Kier molecular flexibility index (Phi) is 10.5. The first-order valence-corrected chi connectivity index (χ1v) is 5.86. The Balaban J connectivity index is 4.10. The van der Waals surface area contributed by atoms with Crippen LogP contribution in [0.3, 0.4) is 0 Å². The Morgan fingerprint density at radius 2 is 2.05 bits per heavy atom. The topological polar surface area (TPSA) is 92.6 Å². The average Bonchev–Trinajstić information content (AvgIpc) is 2.44. The lowest BCUT2D eigenvalue weighted by atomic mass is 10.3. The quantitative estimate of drug-likeness (QED) is 0.246. The highest BCUT2D eigenvalue weighted by molar-refractivity contribution is 5.97. The number of hydrogen-bond acceptors (Lipinski definition) is 6. The summed E-state index contributed by atoms with van der Waals surface area (Å²) < 4.78 is 14.8. The largest absolute Gasteiger partial charge is 0.385 e. The molecule has 0 saturated carbocycles. The molecule has 0 spiro atoms. The molecule has 108 valence electrons. The number of ether oxygens (including phenoxy) is 3. The molecular weight excluding hydrogens is 250 g/mol. The fourth-order valence-electron chi connectivity index (χ4n) is 1.18. The van der Waals surface area contributed by atoms with Crippen molar-refractivity contribution < 1.29 is 19.0 Å². The van der Waals surface area contributed by atoms with Crippen molar-refractivity contribution in [1.29, 1.82) is 5.26 Å². The standard InChI is InChI=1S/C12H21N3O4/c1-17-6-4-5-15-12(16)10(7-13)8-14-9-11(18-2)19-3/h8,11,14H,4-6,9H2,1-3H3,(H,15,16)/b10-8-. The van der Waals surface area contributed by atoms with Gasteiger partial charge in [0.2, 0.25) is 0 Å². The van der Waals surface area contributed by atoms with Crippen molar-refractivity contribution in [3.8, 4) is 6.07 Å². The van der Waals surface area contributed by atoms with Crippen LogP contribution in [0.5, 0.6) is 0 Å². The zero-order valence-corrected chi connectivity index (χ0v) is 11.6. The summed E-state index contributed by atoms with van der Waals surface area (Å²) in [5.74, 6) is -0.419. The molecule has 0 aromatic carbocycles. The maximum Gasteiger partial charge on any atom is 0.263 e. The molecule has 0 rings (SSSR count). The van der Waals surface area contributed by atoms with E-state index in [0.717, 1.165) is 0 Å². The number of nitrogens with zero attached hydrogens (tertiary/aromatic N) is 1. The summed E-state index contributed by atoms with van der Waals surface area (Å²) in [5, 5.41) is 14.3. The first-order valence-electron chi connectivity index (χ1n) is 5.86. The van der Waals surface area contributed by atoms with Crippen LogP contribution in [0, 0.1) is 11.3 Å². The SMILES string of the molecule is COCCCNC(=O)/C(C#N)=C\NCC(OC)OC. The monoisotopic (exact) mass is 271 g/mol. The zero-order chi connectivity index (χ0) is 14.5. The minimum atomic E-state index is -0.430. The van der Waals surface area contributed by atoms with Gasteiger partial charge in [0, 0.05) is 40.7 Å². The third kappa shape index (κ3) is 8.15. The van der Waals surface area contributed by atoms with Gasteiger partial charge in [0.05, 0.1) is 6.54 Å². The van der Waals surface area contributed by atoms with E-state index in [9.17, 15) is 4.79 Å². The molecule has 0 bridgehead atoms. The molecule has 0 fully saturated rings. The van der Waals surface area contributed by atoms with Crippen LogP contribution in [0.1, 0.15) is 6.42 Å². The number of hydrogen-bond donors (Lipinski definition) is 2. The average molecular weight is 271 g/mol. The lowest BCUT2D eigenvalue weighted by Gasteiger charge is -2.12. The summed E-state index contributed by atoms with van der Waals surface area (Å²) in [6, 6.07) is 1.83. The van der Waals surface area contributed by atoms with Gasteiger partial charge in [-0.05, 0) is 6.42 Å². The summed E-state index contributed by atoms with van der Waals surface area (Å²) in [7, 11) is 4.61. The molecule has 0 atom stereocenters. The van der Waals surface area contributed by atoms with E-state index >= 15 is 0 Å². The van der Waals surface area contributed by atoms with Crippen LogP contribution in [0.15, 0.2) is 11.8 Å². The maximum atomic E-state index is 11.6. The summed E-state index contributed by atoms with van der Waals surface area (Å²) >= 11 is 0. The van der Waals surface area contributed by atoms with Crippen molar-refractivity contribution in [1.82, 2.24) is 10.6 Å². The van der Waals surface area contributed by atoms with E-state index in [-0.39, 0.29) is 5.57 Å². The van der Waals surface area contributed by atoms with E-state index in [1.54, 1.807) is 7.11 Å². The molecular formula is C12H21N3O4. The van der Waals surface area contributed by atoms with Gasteiger partial charge in [-0.1, -0.05) is 0 Å². The third-order valence-corrected chi connectivity index (χ3v) is 2.23. The highest BCUT2D eigenvalue weighted by Crippen LogP contribution is 1.93. The molecule has 2 N–H and O–H groups in total. The fraction of sp³-hybridized carbons (Fsp3) is 0.667. The van der Waals surface area contributed by atoms with Gasteiger partial charge < -0.3 is 24.8 Å². The second kappa shape index (κ2) is 11.5. The Hall–Kier alpha value is -1.62. The normalized spacial score (nSPS) is 11.2. The van der Waals surface area contributed by atoms with E-state index in [1.807, 2.05) is 6.07 Å². The van der Waals surface area contributed by atoms with Crippen molar-refractivity contribution in [2.75, 3.05) is 41.0 Å². The molecule has 0 saturated heterocycles. The first kappa shape index (κ1) is 17.4. The van der Waals surface area contributed by atoms with Crippen LogP contribution in [0.2, 0.25) is 0 Å². The van der Waals surface area contributed by atoms with Crippen LogP contribution >= 0.6 is 0 Å². The number of nitrogens with one attached hydrogen (secondary N) is 2. The molecule has 19 heavy (non-hydrogen) atoms. The number of amides is 1. The number of methoxy groups -OCH3 is 3. The lowest BCUT2D eigenvalue weighted by molar-refractivity contribution is -0.117. The summed E-state index contributed by atoms with van der Waals surface area (Å²) in [6.45, 7) is 1.37. The second-order valence-corrected chi connectivity index (χ2v) is 3.58.